The smallest absolute Gasteiger partial charge is 0.212 e. The van der Waals surface area contributed by atoms with Crippen molar-refractivity contribution in [2.45, 2.75) is 32.0 Å². The third kappa shape index (κ3) is 3.53. The predicted octanol–water partition coefficient (Wildman–Crippen LogP) is -0.141. The molecule has 0 radical (unpaired) electrons. The molecule has 2 N–H and O–H groups in total. The maximum Gasteiger partial charge on any atom is 0.212 e. The first-order chi connectivity index (χ1) is 6.33. The van der Waals surface area contributed by atoms with Crippen LogP contribution in [0.2, 0.25) is 0 Å². The third-order valence-electron chi connectivity index (χ3n) is 2.02. The fraction of sp³-hybridized carbons (Fsp3) is 1.00. The van der Waals surface area contributed by atoms with Crippen LogP contribution in [0.3, 0.4) is 0 Å². The Kier molecular flexibility index (Phi) is 3.52. The highest BCUT2D eigenvalue weighted by molar-refractivity contribution is 7.89. The standard InChI is InChI=1S/C8H17NO4S/c1-7(2)13-8(3-4-12-5-8)6-14(9,10)11/h7H,3-6H2,1-2H3,(H2,9,10,11). The summed E-state index contributed by atoms with van der Waals surface area (Å²) in [6.45, 7) is 4.57. The Hall–Kier alpha value is -0.170. The lowest BCUT2D eigenvalue weighted by Crippen LogP contribution is -2.44. The van der Waals surface area contributed by atoms with Crippen molar-refractivity contribution in [3.63, 3.8) is 0 Å². The lowest BCUT2D eigenvalue weighted by atomic mass is 10.1. The number of hydrogen-bond acceptors (Lipinski definition) is 4. The van der Waals surface area contributed by atoms with Crippen molar-refractivity contribution in [3.8, 4) is 0 Å². The molecule has 0 aromatic rings. The molecule has 6 heteroatoms. The van der Waals surface area contributed by atoms with Crippen LogP contribution in [0, 0.1) is 0 Å². The molecule has 1 unspecified atom stereocenters. The van der Waals surface area contributed by atoms with E-state index in [0.29, 0.717) is 19.6 Å². The first-order valence-electron chi connectivity index (χ1n) is 4.59. The van der Waals surface area contributed by atoms with Gasteiger partial charge in [-0.2, -0.15) is 0 Å². The van der Waals surface area contributed by atoms with Crippen molar-refractivity contribution in [2.75, 3.05) is 19.0 Å². The van der Waals surface area contributed by atoms with Gasteiger partial charge in [-0.1, -0.05) is 0 Å². The number of primary sulfonamides is 1. The summed E-state index contributed by atoms with van der Waals surface area (Å²) in [4.78, 5) is 0. The van der Waals surface area contributed by atoms with E-state index in [1.165, 1.54) is 0 Å². The molecule has 0 aromatic carbocycles. The quantitative estimate of drug-likeness (QED) is 0.719. The van der Waals surface area contributed by atoms with Crippen molar-refractivity contribution in [1.82, 2.24) is 0 Å². The van der Waals surface area contributed by atoms with E-state index in [9.17, 15) is 8.42 Å². The van der Waals surface area contributed by atoms with Gasteiger partial charge in [-0.3, -0.25) is 0 Å². The van der Waals surface area contributed by atoms with E-state index in [1.807, 2.05) is 13.8 Å². The van der Waals surface area contributed by atoms with Crippen LogP contribution in [0.4, 0.5) is 0 Å². The Morgan fingerprint density at radius 3 is 2.57 bits per heavy atom. The maximum absolute atomic E-state index is 11.0. The Morgan fingerprint density at radius 2 is 2.21 bits per heavy atom. The number of hydrogen-bond donors (Lipinski definition) is 1. The third-order valence-corrected chi connectivity index (χ3v) is 2.95. The number of nitrogens with two attached hydrogens (primary N) is 1. The van der Waals surface area contributed by atoms with Crippen LogP contribution in [0.5, 0.6) is 0 Å². The van der Waals surface area contributed by atoms with Gasteiger partial charge >= 0.3 is 0 Å². The molecule has 1 atom stereocenters. The van der Waals surface area contributed by atoms with Gasteiger partial charge < -0.3 is 9.47 Å². The normalized spacial score (nSPS) is 28.6. The first-order valence-corrected chi connectivity index (χ1v) is 6.31. The molecule has 1 rings (SSSR count). The highest BCUT2D eigenvalue weighted by Gasteiger charge is 2.40. The summed E-state index contributed by atoms with van der Waals surface area (Å²) < 4.78 is 32.8. The summed E-state index contributed by atoms with van der Waals surface area (Å²) in [6, 6.07) is 0. The van der Waals surface area contributed by atoms with Gasteiger partial charge in [0.15, 0.2) is 0 Å². The average Bonchev–Trinajstić information content (AvgIpc) is 2.30. The second-order valence-corrected chi connectivity index (χ2v) is 5.57. The van der Waals surface area contributed by atoms with E-state index < -0.39 is 15.6 Å². The lowest BCUT2D eigenvalue weighted by molar-refractivity contribution is -0.0670. The van der Waals surface area contributed by atoms with Crippen LogP contribution in [0.15, 0.2) is 0 Å². The van der Waals surface area contributed by atoms with Gasteiger partial charge in [0.2, 0.25) is 10.0 Å². The molecule has 0 spiro atoms. The summed E-state index contributed by atoms with van der Waals surface area (Å²) in [5.74, 6) is -0.168. The van der Waals surface area contributed by atoms with Crippen LogP contribution < -0.4 is 5.14 Å². The van der Waals surface area contributed by atoms with E-state index in [1.54, 1.807) is 0 Å². The molecule has 0 aromatic heterocycles. The molecule has 14 heavy (non-hydrogen) atoms. The Balaban J connectivity index is 2.72. The zero-order valence-corrected chi connectivity index (χ0v) is 9.34. The number of rotatable bonds is 4. The first kappa shape index (κ1) is 11.9. The molecule has 1 aliphatic heterocycles. The summed E-state index contributed by atoms with van der Waals surface area (Å²) in [5, 5.41) is 5.01. The van der Waals surface area contributed by atoms with E-state index in [2.05, 4.69) is 0 Å². The van der Waals surface area contributed by atoms with Gasteiger partial charge in [0.1, 0.15) is 5.60 Å². The van der Waals surface area contributed by atoms with Crippen LogP contribution in [0.25, 0.3) is 0 Å². The van der Waals surface area contributed by atoms with Crippen LogP contribution in [-0.2, 0) is 19.5 Å². The van der Waals surface area contributed by atoms with Gasteiger partial charge in [0, 0.05) is 13.0 Å². The SMILES string of the molecule is CC(C)OC1(CS(N)(=O)=O)CCOC1. The van der Waals surface area contributed by atoms with Crippen molar-refractivity contribution in [1.29, 1.82) is 0 Å². The van der Waals surface area contributed by atoms with Crippen molar-refractivity contribution < 1.29 is 17.9 Å². The topological polar surface area (TPSA) is 78.6 Å². The van der Waals surface area contributed by atoms with Gasteiger partial charge in [-0.25, -0.2) is 13.6 Å². The Labute approximate surface area is 84.6 Å². The van der Waals surface area contributed by atoms with Crippen LogP contribution >= 0.6 is 0 Å². The largest absolute Gasteiger partial charge is 0.378 e. The minimum absolute atomic E-state index is 0.0292. The molecule has 0 bridgehead atoms. The molecule has 1 aliphatic rings. The van der Waals surface area contributed by atoms with E-state index in [-0.39, 0.29) is 11.9 Å². The molecule has 1 saturated heterocycles. The van der Waals surface area contributed by atoms with Gasteiger partial charge in [0.05, 0.1) is 18.5 Å². The molecular weight excluding hydrogens is 206 g/mol. The molecule has 0 saturated carbocycles. The van der Waals surface area contributed by atoms with Crippen LogP contribution in [-0.4, -0.2) is 39.1 Å². The fourth-order valence-electron chi connectivity index (χ4n) is 1.70. The minimum Gasteiger partial charge on any atom is -0.378 e. The predicted molar refractivity (Wildman–Crippen MR) is 52.4 cm³/mol. The van der Waals surface area contributed by atoms with Gasteiger partial charge in [0.25, 0.3) is 0 Å². The summed E-state index contributed by atoms with van der Waals surface area (Å²) in [6.07, 6.45) is 0.556. The molecule has 1 heterocycles. The Morgan fingerprint density at radius 1 is 1.57 bits per heavy atom. The summed E-state index contributed by atoms with van der Waals surface area (Å²) in [5.41, 5.74) is -0.734. The molecule has 0 amide bonds. The van der Waals surface area contributed by atoms with E-state index in [4.69, 9.17) is 14.6 Å². The fourth-order valence-corrected chi connectivity index (χ4v) is 2.72. The summed E-state index contributed by atoms with van der Waals surface area (Å²) in [7, 11) is -3.52. The monoisotopic (exact) mass is 223 g/mol. The van der Waals surface area contributed by atoms with Gasteiger partial charge in [-0.05, 0) is 13.8 Å². The van der Waals surface area contributed by atoms with E-state index in [0.717, 1.165) is 0 Å². The Bertz CT molecular complexity index is 280. The second kappa shape index (κ2) is 4.14. The molecule has 84 valence electrons. The van der Waals surface area contributed by atoms with Crippen molar-refractivity contribution in [3.05, 3.63) is 0 Å². The average molecular weight is 223 g/mol. The minimum atomic E-state index is -3.52. The highest BCUT2D eigenvalue weighted by atomic mass is 32.2. The molecule has 0 aliphatic carbocycles. The van der Waals surface area contributed by atoms with E-state index >= 15 is 0 Å². The van der Waals surface area contributed by atoms with Crippen molar-refractivity contribution >= 4 is 10.0 Å². The van der Waals surface area contributed by atoms with Gasteiger partial charge in [-0.15, -0.1) is 0 Å². The molecular formula is C8H17NO4S. The van der Waals surface area contributed by atoms with Crippen molar-refractivity contribution in [2.24, 2.45) is 5.14 Å². The zero-order valence-electron chi connectivity index (χ0n) is 8.52. The van der Waals surface area contributed by atoms with Crippen LogP contribution in [0.1, 0.15) is 20.3 Å². The number of ether oxygens (including phenoxy) is 2. The molecule has 5 nitrogen and oxygen atoms in total. The molecule has 1 fully saturated rings. The highest BCUT2D eigenvalue weighted by Crippen LogP contribution is 2.26. The maximum atomic E-state index is 11.0. The lowest BCUT2D eigenvalue weighted by Gasteiger charge is -2.28. The number of sulfonamides is 1. The zero-order chi connectivity index (χ0) is 10.8. The second-order valence-electron chi connectivity index (χ2n) is 3.96. The summed E-state index contributed by atoms with van der Waals surface area (Å²) >= 11 is 0.